The lowest BCUT2D eigenvalue weighted by Gasteiger charge is -2.24. The van der Waals surface area contributed by atoms with Gasteiger partial charge in [-0.2, -0.15) is 0 Å². The summed E-state index contributed by atoms with van der Waals surface area (Å²) < 4.78 is 2.09. The highest BCUT2D eigenvalue weighted by Crippen LogP contribution is 2.33. The summed E-state index contributed by atoms with van der Waals surface area (Å²) in [5, 5.41) is 2.86. The summed E-state index contributed by atoms with van der Waals surface area (Å²) in [4.78, 5) is 17.0. The molecular weight excluding hydrogens is 274 g/mol. The van der Waals surface area contributed by atoms with E-state index < -0.39 is 0 Å². The second-order valence-electron chi connectivity index (χ2n) is 7.14. The lowest BCUT2D eigenvalue weighted by Crippen LogP contribution is -2.34. The van der Waals surface area contributed by atoms with Gasteiger partial charge in [0, 0.05) is 12.7 Å². The summed E-state index contributed by atoms with van der Waals surface area (Å²) in [6, 6.07) is 6.22. The fourth-order valence-electron chi connectivity index (χ4n) is 3.22. The van der Waals surface area contributed by atoms with Crippen LogP contribution in [0.1, 0.15) is 50.9 Å². The molecule has 0 spiro atoms. The number of piperidine rings is 1. The summed E-state index contributed by atoms with van der Waals surface area (Å²) in [6.07, 6.45) is 1.58. The number of allylic oxidation sites excluding steroid dienone is 1. The van der Waals surface area contributed by atoms with E-state index in [0.717, 1.165) is 35.4 Å². The third-order valence-corrected chi connectivity index (χ3v) is 4.40. The van der Waals surface area contributed by atoms with Gasteiger partial charge >= 0.3 is 0 Å². The van der Waals surface area contributed by atoms with Crippen LogP contribution in [-0.2, 0) is 17.3 Å². The van der Waals surface area contributed by atoms with E-state index in [9.17, 15) is 4.79 Å². The fraction of sp³-hybridized carbons (Fsp3) is 0.444. The van der Waals surface area contributed by atoms with Crippen LogP contribution >= 0.6 is 0 Å². The van der Waals surface area contributed by atoms with Crippen molar-refractivity contribution >= 4 is 16.9 Å². The highest BCUT2D eigenvalue weighted by atomic mass is 16.2. The van der Waals surface area contributed by atoms with Gasteiger partial charge in [0.25, 0.3) is 0 Å². The van der Waals surface area contributed by atoms with Crippen LogP contribution in [-0.4, -0.2) is 15.5 Å². The zero-order chi connectivity index (χ0) is 16.1. The van der Waals surface area contributed by atoms with Crippen molar-refractivity contribution in [2.75, 3.05) is 0 Å². The summed E-state index contributed by atoms with van der Waals surface area (Å²) in [6.45, 7) is 10.4. The minimum absolute atomic E-state index is 0.00645. The Morgan fingerprint density at radius 2 is 2.09 bits per heavy atom. The molecule has 3 rings (SSSR count). The van der Waals surface area contributed by atoms with Crippen LogP contribution in [0, 0.1) is 0 Å². The second kappa shape index (κ2) is 4.97. The number of hydrogen-bond donors (Lipinski definition) is 1. The fourth-order valence-corrected chi connectivity index (χ4v) is 3.22. The first kappa shape index (κ1) is 14.8. The molecule has 1 N–H and O–H groups in total. The molecule has 1 aliphatic rings. The van der Waals surface area contributed by atoms with Gasteiger partial charge in [-0.25, -0.2) is 4.98 Å². The predicted octanol–water partition coefficient (Wildman–Crippen LogP) is 3.38. The number of amides is 1. The van der Waals surface area contributed by atoms with Gasteiger partial charge in [0.05, 0.1) is 17.0 Å². The van der Waals surface area contributed by atoms with Crippen LogP contribution < -0.4 is 5.32 Å². The molecule has 1 atom stereocenters. The maximum Gasteiger partial charge on any atom is 0.234 e. The minimum atomic E-state index is -0.198. The molecule has 0 aliphatic carbocycles. The SMILES string of the molecule is C=C1CCC(c2nc3cccc(C(C)(C)C)c3n2C)C(=O)N1. The number of aryl methyl sites for hydroxylation is 1. The first-order valence-corrected chi connectivity index (χ1v) is 7.73. The largest absolute Gasteiger partial charge is 0.330 e. The lowest BCUT2D eigenvalue weighted by molar-refractivity contribution is -0.123. The molecule has 0 saturated carbocycles. The number of carbonyl (C=O) groups excluding carboxylic acids is 1. The Labute approximate surface area is 131 Å². The van der Waals surface area contributed by atoms with Gasteiger partial charge in [-0.15, -0.1) is 0 Å². The molecule has 1 aromatic heterocycles. The van der Waals surface area contributed by atoms with Crippen LogP contribution in [0.15, 0.2) is 30.5 Å². The molecule has 4 heteroatoms. The highest BCUT2D eigenvalue weighted by Gasteiger charge is 2.30. The Bertz CT molecular complexity index is 764. The minimum Gasteiger partial charge on any atom is -0.330 e. The molecule has 1 amide bonds. The summed E-state index contributed by atoms with van der Waals surface area (Å²) >= 11 is 0. The standard InChI is InChI=1S/C18H23N3O/c1-11-9-10-12(17(22)19-11)16-20-14-8-6-7-13(18(2,3)4)15(14)21(16)5/h6-8,12H,1,9-10H2,2-5H3,(H,19,22). The van der Waals surface area contributed by atoms with Crippen molar-refractivity contribution in [2.45, 2.75) is 44.9 Å². The number of fused-ring (bicyclic) bond motifs is 1. The molecule has 2 aromatic rings. The zero-order valence-corrected chi connectivity index (χ0v) is 13.7. The molecule has 1 aromatic carbocycles. The van der Waals surface area contributed by atoms with Crippen LogP contribution in [0.3, 0.4) is 0 Å². The number of aromatic nitrogens is 2. The molecule has 2 heterocycles. The molecule has 4 nitrogen and oxygen atoms in total. The monoisotopic (exact) mass is 297 g/mol. The number of hydrogen-bond acceptors (Lipinski definition) is 2. The van der Waals surface area contributed by atoms with E-state index in [4.69, 9.17) is 4.98 Å². The van der Waals surface area contributed by atoms with E-state index >= 15 is 0 Å². The van der Waals surface area contributed by atoms with Crippen molar-refractivity contribution in [1.29, 1.82) is 0 Å². The highest BCUT2D eigenvalue weighted by molar-refractivity contribution is 5.87. The molecule has 0 bridgehead atoms. The predicted molar refractivity (Wildman–Crippen MR) is 88.7 cm³/mol. The van der Waals surface area contributed by atoms with Gasteiger partial charge in [-0.1, -0.05) is 39.5 Å². The molecular formula is C18H23N3O. The molecule has 1 aliphatic heterocycles. The Hall–Kier alpha value is -2.10. The maximum atomic E-state index is 12.3. The maximum absolute atomic E-state index is 12.3. The van der Waals surface area contributed by atoms with Crippen molar-refractivity contribution in [1.82, 2.24) is 14.9 Å². The number of benzene rings is 1. The van der Waals surface area contributed by atoms with Gasteiger partial charge in [0.15, 0.2) is 0 Å². The van der Waals surface area contributed by atoms with Gasteiger partial charge < -0.3 is 9.88 Å². The average molecular weight is 297 g/mol. The molecule has 1 saturated heterocycles. The first-order valence-electron chi connectivity index (χ1n) is 7.73. The van der Waals surface area contributed by atoms with Crippen molar-refractivity contribution in [3.63, 3.8) is 0 Å². The average Bonchev–Trinajstić information content (AvgIpc) is 2.75. The van der Waals surface area contributed by atoms with E-state index in [1.807, 2.05) is 19.2 Å². The van der Waals surface area contributed by atoms with Gasteiger partial charge in [-0.3, -0.25) is 4.79 Å². The third-order valence-electron chi connectivity index (χ3n) is 4.40. The molecule has 1 unspecified atom stereocenters. The van der Waals surface area contributed by atoms with E-state index in [2.05, 4.69) is 43.3 Å². The normalized spacial score (nSPS) is 19.5. The third kappa shape index (κ3) is 2.32. The van der Waals surface area contributed by atoms with E-state index in [-0.39, 0.29) is 17.2 Å². The molecule has 116 valence electrons. The Morgan fingerprint density at radius 1 is 1.36 bits per heavy atom. The number of nitrogens with zero attached hydrogens (tertiary/aromatic N) is 2. The zero-order valence-electron chi connectivity index (χ0n) is 13.7. The van der Waals surface area contributed by atoms with Gasteiger partial charge in [0.1, 0.15) is 5.82 Å². The van der Waals surface area contributed by atoms with E-state index in [1.54, 1.807) is 0 Å². The van der Waals surface area contributed by atoms with Crippen molar-refractivity contribution in [3.8, 4) is 0 Å². The van der Waals surface area contributed by atoms with Crippen LogP contribution in [0.2, 0.25) is 0 Å². The topological polar surface area (TPSA) is 46.9 Å². The second-order valence-corrected chi connectivity index (χ2v) is 7.14. The first-order chi connectivity index (χ1) is 10.3. The molecule has 22 heavy (non-hydrogen) atoms. The number of rotatable bonds is 1. The van der Waals surface area contributed by atoms with Crippen molar-refractivity contribution < 1.29 is 4.79 Å². The van der Waals surface area contributed by atoms with Crippen LogP contribution in [0.4, 0.5) is 0 Å². The smallest absolute Gasteiger partial charge is 0.234 e. The summed E-state index contributed by atoms with van der Waals surface area (Å²) in [7, 11) is 2.01. The Morgan fingerprint density at radius 3 is 2.73 bits per heavy atom. The number of carbonyl (C=O) groups is 1. The van der Waals surface area contributed by atoms with Crippen molar-refractivity contribution in [3.05, 3.63) is 41.9 Å². The Balaban J connectivity index is 2.15. The summed E-state index contributed by atoms with van der Waals surface area (Å²) in [5.74, 6) is 0.652. The summed E-state index contributed by atoms with van der Waals surface area (Å²) in [5.41, 5.74) is 4.18. The number of imidazole rings is 1. The van der Waals surface area contributed by atoms with Gasteiger partial charge in [0.2, 0.25) is 5.91 Å². The number of nitrogens with one attached hydrogen (secondary N) is 1. The molecule has 0 radical (unpaired) electrons. The van der Waals surface area contributed by atoms with E-state index in [1.165, 1.54) is 5.56 Å². The van der Waals surface area contributed by atoms with Crippen LogP contribution in [0.25, 0.3) is 11.0 Å². The number of para-hydroxylation sites is 1. The van der Waals surface area contributed by atoms with Crippen LogP contribution in [0.5, 0.6) is 0 Å². The Kier molecular flexibility index (Phi) is 3.35. The van der Waals surface area contributed by atoms with Crippen molar-refractivity contribution in [2.24, 2.45) is 7.05 Å². The lowest BCUT2D eigenvalue weighted by atomic mass is 9.86. The van der Waals surface area contributed by atoms with E-state index in [0.29, 0.717) is 0 Å². The molecule has 1 fully saturated rings. The van der Waals surface area contributed by atoms with Gasteiger partial charge in [-0.05, 0) is 29.9 Å². The quantitative estimate of drug-likeness (QED) is 0.877.